The zero-order valence-corrected chi connectivity index (χ0v) is 7.59. The van der Waals surface area contributed by atoms with Gasteiger partial charge in [-0.25, -0.2) is 9.97 Å². The second-order valence-electron chi connectivity index (χ2n) is 3.76. The number of hydrogen-bond donors (Lipinski definition) is 0. The summed E-state index contributed by atoms with van der Waals surface area (Å²) in [4.78, 5) is 8.17. The van der Waals surface area contributed by atoms with Crippen molar-refractivity contribution in [3.63, 3.8) is 0 Å². The highest BCUT2D eigenvalue weighted by molar-refractivity contribution is 5.30. The van der Waals surface area contributed by atoms with Gasteiger partial charge in [-0.1, -0.05) is 13.8 Å². The van der Waals surface area contributed by atoms with Crippen LogP contribution in [0.3, 0.4) is 0 Å². The Morgan fingerprint density at radius 1 is 1.67 bits per heavy atom. The summed E-state index contributed by atoms with van der Waals surface area (Å²) < 4.78 is 0. The van der Waals surface area contributed by atoms with Gasteiger partial charge >= 0.3 is 0 Å². The maximum atomic E-state index is 4.25. The number of hydrogen-bond acceptors (Lipinski definition) is 2. The van der Waals surface area contributed by atoms with Crippen LogP contribution in [0.15, 0.2) is 6.20 Å². The summed E-state index contributed by atoms with van der Waals surface area (Å²) in [7, 11) is 0. The third-order valence-corrected chi connectivity index (χ3v) is 3.04. The normalized spacial score (nSPS) is 27.2. The number of rotatable bonds is 1. The molecule has 0 N–H and O–H groups in total. The Kier molecular flexibility index (Phi) is 1.63. The van der Waals surface area contributed by atoms with Gasteiger partial charge in [0.25, 0.3) is 0 Å². The van der Waals surface area contributed by atoms with Crippen molar-refractivity contribution in [1.82, 2.24) is 9.97 Å². The molecule has 0 bridgehead atoms. The number of fused-ring (bicyclic) bond motifs is 1. The molecule has 2 nitrogen and oxygen atoms in total. The molecule has 1 heterocycles. The summed E-state index contributed by atoms with van der Waals surface area (Å²) in [6.45, 7) is 4.50. The van der Waals surface area contributed by atoms with E-state index in [0.29, 0.717) is 0 Å². The standard InChI is InChI=1S/C10H13N2/c1-3-10(2)5-4-8-6-11-7-12-9(8)10/h6H,3-5H2,1-2H3. The number of nitrogens with zero attached hydrogens (tertiary/aromatic N) is 2. The molecule has 1 aromatic rings. The molecule has 0 fully saturated rings. The van der Waals surface area contributed by atoms with Crippen molar-refractivity contribution in [1.29, 1.82) is 0 Å². The minimum absolute atomic E-state index is 0.286. The summed E-state index contributed by atoms with van der Waals surface area (Å²) in [6, 6.07) is 0. The minimum Gasteiger partial charge on any atom is -0.233 e. The molecule has 0 aromatic carbocycles. The molecule has 63 valence electrons. The van der Waals surface area contributed by atoms with Crippen molar-refractivity contribution in [3.8, 4) is 0 Å². The Balaban J connectivity index is 2.49. The van der Waals surface area contributed by atoms with Crippen molar-refractivity contribution in [2.24, 2.45) is 0 Å². The van der Waals surface area contributed by atoms with Crippen LogP contribution < -0.4 is 0 Å². The van der Waals surface area contributed by atoms with Crippen LogP contribution in [0.5, 0.6) is 0 Å². The van der Waals surface area contributed by atoms with Crippen LogP contribution in [-0.4, -0.2) is 9.97 Å². The molecular formula is C10H13N2. The Bertz CT molecular complexity index is 296. The predicted octanol–water partition coefficient (Wildman–Crippen LogP) is 1.89. The minimum atomic E-state index is 0.286. The van der Waals surface area contributed by atoms with E-state index in [4.69, 9.17) is 0 Å². The van der Waals surface area contributed by atoms with E-state index in [1.807, 2.05) is 6.20 Å². The predicted molar refractivity (Wildman–Crippen MR) is 46.8 cm³/mol. The molecule has 0 spiro atoms. The van der Waals surface area contributed by atoms with Crippen LogP contribution in [0.1, 0.15) is 37.9 Å². The van der Waals surface area contributed by atoms with Gasteiger partial charge in [-0.15, -0.1) is 0 Å². The van der Waals surface area contributed by atoms with Crippen LogP contribution in [0, 0.1) is 6.33 Å². The van der Waals surface area contributed by atoms with E-state index < -0.39 is 0 Å². The summed E-state index contributed by atoms with van der Waals surface area (Å²) in [6.07, 6.45) is 8.09. The van der Waals surface area contributed by atoms with Gasteiger partial charge < -0.3 is 0 Å². The molecule has 0 saturated heterocycles. The molecule has 0 amide bonds. The fraction of sp³-hybridized carbons (Fsp3) is 0.600. The molecule has 12 heavy (non-hydrogen) atoms. The van der Waals surface area contributed by atoms with Crippen LogP contribution in [-0.2, 0) is 11.8 Å². The van der Waals surface area contributed by atoms with Gasteiger partial charge in [0.2, 0.25) is 0 Å². The molecule has 0 aliphatic heterocycles. The second-order valence-corrected chi connectivity index (χ2v) is 3.76. The van der Waals surface area contributed by atoms with Gasteiger partial charge in [-0.2, -0.15) is 0 Å². The van der Waals surface area contributed by atoms with Gasteiger partial charge in [-0.3, -0.25) is 0 Å². The SMILES string of the molecule is CCC1(C)CCc2cn[c]nc21. The summed E-state index contributed by atoms with van der Waals surface area (Å²) >= 11 is 0. The molecular weight excluding hydrogens is 148 g/mol. The Morgan fingerprint density at radius 3 is 3.25 bits per heavy atom. The van der Waals surface area contributed by atoms with Gasteiger partial charge in [0.05, 0.1) is 5.69 Å². The highest BCUT2D eigenvalue weighted by Gasteiger charge is 2.33. The van der Waals surface area contributed by atoms with Crippen molar-refractivity contribution in [2.75, 3.05) is 0 Å². The van der Waals surface area contributed by atoms with Crippen molar-refractivity contribution in [2.45, 2.75) is 38.5 Å². The maximum Gasteiger partial charge on any atom is 0.197 e. The lowest BCUT2D eigenvalue weighted by Gasteiger charge is -2.21. The lowest BCUT2D eigenvalue weighted by Crippen LogP contribution is -2.17. The lowest BCUT2D eigenvalue weighted by molar-refractivity contribution is 0.442. The topological polar surface area (TPSA) is 25.8 Å². The van der Waals surface area contributed by atoms with E-state index in [2.05, 4.69) is 30.1 Å². The third-order valence-electron chi connectivity index (χ3n) is 3.04. The molecule has 1 unspecified atom stereocenters. The average Bonchev–Trinajstić information content (AvgIpc) is 2.46. The Labute approximate surface area is 73.1 Å². The van der Waals surface area contributed by atoms with Crippen LogP contribution in [0.4, 0.5) is 0 Å². The van der Waals surface area contributed by atoms with Crippen molar-refractivity contribution >= 4 is 0 Å². The van der Waals surface area contributed by atoms with Gasteiger partial charge in [0, 0.05) is 11.6 Å². The van der Waals surface area contributed by atoms with E-state index in [0.717, 1.165) is 12.8 Å². The first kappa shape index (κ1) is 7.71. The zero-order chi connectivity index (χ0) is 8.60. The van der Waals surface area contributed by atoms with E-state index in [9.17, 15) is 0 Å². The first-order valence-corrected chi connectivity index (χ1v) is 4.49. The van der Waals surface area contributed by atoms with Crippen LogP contribution >= 0.6 is 0 Å². The highest BCUT2D eigenvalue weighted by atomic mass is 14.8. The smallest absolute Gasteiger partial charge is 0.197 e. The van der Waals surface area contributed by atoms with E-state index >= 15 is 0 Å². The molecule has 1 aliphatic carbocycles. The number of aromatic nitrogens is 2. The lowest BCUT2D eigenvalue weighted by atomic mass is 9.85. The van der Waals surface area contributed by atoms with Crippen molar-refractivity contribution < 1.29 is 0 Å². The average molecular weight is 161 g/mol. The first-order chi connectivity index (χ1) is 5.76. The van der Waals surface area contributed by atoms with Gasteiger partial charge in [0.1, 0.15) is 0 Å². The highest BCUT2D eigenvalue weighted by Crippen LogP contribution is 2.38. The van der Waals surface area contributed by atoms with Crippen LogP contribution in [0.2, 0.25) is 0 Å². The molecule has 1 aliphatic rings. The molecule has 0 saturated carbocycles. The van der Waals surface area contributed by atoms with Gasteiger partial charge in [0.15, 0.2) is 6.33 Å². The van der Waals surface area contributed by atoms with Crippen molar-refractivity contribution in [3.05, 3.63) is 23.8 Å². The molecule has 2 heteroatoms. The quantitative estimate of drug-likeness (QED) is 0.628. The fourth-order valence-electron chi connectivity index (χ4n) is 1.90. The maximum absolute atomic E-state index is 4.25. The third kappa shape index (κ3) is 0.942. The van der Waals surface area contributed by atoms with E-state index in [1.54, 1.807) is 0 Å². The van der Waals surface area contributed by atoms with Crippen LogP contribution in [0.25, 0.3) is 0 Å². The monoisotopic (exact) mass is 161 g/mol. The molecule has 1 radical (unpaired) electrons. The molecule has 1 aromatic heterocycles. The Hall–Kier alpha value is -0.920. The van der Waals surface area contributed by atoms with E-state index in [-0.39, 0.29) is 5.41 Å². The second kappa shape index (κ2) is 2.54. The molecule has 2 rings (SSSR count). The summed E-state index contributed by atoms with van der Waals surface area (Å²) in [5.74, 6) is 0. The Morgan fingerprint density at radius 2 is 2.50 bits per heavy atom. The summed E-state index contributed by atoms with van der Waals surface area (Å²) in [5.41, 5.74) is 2.83. The largest absolute Gasteiger partial charge is 0.233 e. The number of aryl methyl sites for hydroxylation is 1. The first-order valence-electron chi connectivity index (χ1n) is 4.49. The fourth-order valence-corrected chi connectivity index (χ4v) is 1.90. The summed E-state index contributed by atoms with van der Waals surface area (Å²) in [5, 5.41) is 0. The molecule has 1 atom stereocenters. The zero-order valence-electron chi connectivity index (χ0n) is 7.59. The van der Waals surface area contributed by atoms with Gasteiger partial charge in [-0.05, 0) is 24.8 Å². The van der Waals surface area contributed by atoms with E-state index in [1.165, 1.54) is 17.7 Å².